The Labute approximate surface area is 120 Å². The molecule has 2 N–H and O–H groups in total. The molecule has 1 saturated heterocycles. The van der Waals surface area contributed by atoms with Crippen molar-refractivity contribution in [1.29, 1.82) is 0 Å². The molecule has 3 rings (SSSR count). The summed E-state index contributed by atoms with van der Waals surface area (Å²) in [5, 5.41) is 8.20. The molecule has 0 atom stereocenters. The van der Waals surface area contributed by atoms with Crippen LogP contribution in [0.3, 0.4) is 0 Å². The number of benzene rings is 1. The summed E-state index contributed by atoms with van der Waals surface area (Å²) in [6, 6.07) is 11.2. The van der Waals surface area contributed by atoms with E-state index in [0.717, 1.165) is 24.3 Å². The summed E-state index contributed by atoms with van der Waals surface area (Å²) >= 11 is 0. The van der Waals surface area contributed by atoms with E-state index in [1.165, 1.54) is 23.9 Å². The van der Waals surface area contributed by atoms with E-state index in [9.17, 15) is 0 Å². The Morgan fingerprint density at radius 2 is 1.89 bits per heavy atom. The molecule has 1 aromatic heterocycles. The number of nitrogens with one attached hydrogen (secondary N) is 2. The lowest BCUT2D eigenvalue weighted by Crippen LogP contribution is -2.35. The molecular formula is C15H20ClN3. The highest BCUT2D eigenvalue weighted by Crippen LogP contribution is 2.20. The van der Waals surface area contributed by atoms with Gasteiger partial charge in [0, 0.05) is 22.8 Å². The Bertz CT molecular complexity index is 550. The number of aromatic nitrogens is 1. The highest BCUT2D eigenvalue weighted by molar-refractivity contribution is 5.85. The minimum atomic E-state index is 0. The fourth-order valence-corrected chi connectivity index (χ4v) is 2.51. The smallest absolute Gasteiger partial charge is 0.0725 e. The molecule has 1 aromatic carbocycles. The first-order chi connectivity index (χ1) is 8.81. The van der Waals surface area contributed by atoms with Gasteiger partial charge in [0.2, 0.25) is 0 Å². The van der Waals surface area contributed by atoms with Crippen LogP contribution < -0.4 is 10.6 Å². The van der Waals surface area contributed by atoms with E-state index in [1.807, 2.05) is 6.92 Å². The van der Waals surface area contributed by atoms with Crippen molar-refractivity contribution in [2.45, 2.75) is 25.8 Å². The summed E-state index contributed by atoms with van der Waals surface area (Å²) in [4.78, 5) is 4.58. The lowest BCUT2D eigenvalue weighted by atomic mass is 10.1. The fourth-order valence-electron chi connectivity index (χ4n) is 2.51. The van der Waals surface area contributed by atoms with E-state index in [1.54, 1.807) is 0 Å². The number of halogens is 1. The minimum absolute atomic E-state index is 0. The number of rotatable bonds is 2. The molecule has 102 valence electrons. The van der Waals surface area contributed by atoms with Crippen molar-refractivity contribution in [2.24, 2.45) is 0 Å². The Hall–Kier alpha value is -1.32. The van der Waals surface area contributed by atoms with Gasteiger partial charge in [-0.1, -0.05) is 12.1 Å². The number of hydrogen-bond acceptors (Lipinski definition) is 3. The zero-order valence-electron chi connectivity index (χ0n) is 11.1. The van der Waals surface area contributed by atoms with Crippen LogP contribution in [0.25, 0.3) is 10.9 Å². The molecule has 1 fully saturated rings. The van der Waals surface area contributed by atoms with Crippen molar-refractivity contribution in [2.75, 3.05) is 18.4 Å². The minimum Gasteiger partial charge on any atom is -0.382 e. The Morgan fingerprint density at radius 3 is 2.68 bits per heavy atom. The molecule has 0 spiro atoms. The highest BCUT2D eigenvalue weighted by atomic mass is 35.5. The van der Waals surface area contributed by atoms with Crippen molar-refractivity contribution < 1.29 is 0 Å². The van der Waals surface area contributed by atoms with Crippen LogP contribution in [-0.2, 0) is 0 Å². The maximum Gasteiger partial charge on any atom is 0.0725 e. The topological polar surface area (TPSA) is 37.0 Å². The van der Waals surface area contributed by atoms with Crippen LogP contribution in [0.4, 0.5) is 5.69 Å². The number of aryl methyl sites for hydroxylation is 1. The highest BCUT2D eigenvalue weighted by Gasteiger charge is 2.12. The predicted molar refractivity (Wildman–Crippen MR) is 83.2 cm³/mol. The van der Waals surface area contributed by atoms with Gasteiger partial charge < -0.3 is 10.6 Å². The maximum absolute atomic E-state index is 4.58. The summed E-state index contributed by atoms with van der Waals surface area (Å²) in [6.07, 6.45) is 2.39. The molecule has 0 bridgehead atoms. The average molecular weight is 278 g/mol. The molecular weight excluding hydrogens is 258 g/mol. The van der Waals surface area contributed by atoms with Crippen molar-refractivity contribution in [3.05, 3.63) is 36.0 Å². The number of piperidine rings is 1. The number of hydrogen-bond donors (Lipinski definition) is 2. The van der Waals surface area contributed by atoms with Gasteiger partial charge in [-0.25, -0.2) is 0 Å². The van der Waals surface area contributed by atoms with Crippen molar-refractivity contribution in [1.82, 2.24) is 10.3 Å². The van der Waals surface area contributed by atoms with Gasteiger partial charge in [0.1, 0.15) is 0 Å². The van der Waals surface area contributed by atoms with E-state index >= 15 is 0 Å². The van der Waals surface area contributed by atoms with E-state index in [2.05, 4.69) is 45.9 Å². The van der Waals surface area contributed by atoms with Gasteiger partial charge in [-0.3, -0.25) is 4.98 Å². The molecule has 4 heteroatoms. The van der Waals surface area contributed by atoms with E-state index in [0.29, 0.717) is 6.04 Å². The van der Waals surface area contributed by atoms with Crippen LogP contribution in [0.15, 0.2) is 30.3 Å². The number of nitrogens with zero attached hydrogens (tertiary/aromatic N) is 1. The molecule has 0 radical (unpaired) electrons. The maximum atomic E-state index is 4.58. The first kappa shape index (κ1) is 14.1. The third kappa shape index (κ3) is 3.37. The van der Waals surface area contributed by atoms with Crippen molar-refractivity contribution in [3.8, 4) is 0 Å². The summed E-state index contributed by atoms with van der Waals surface area (Å²) < 4.78 is 0. The number of fused-ring (bicyclic) bond motifs is 1. The predicted octanol–water partition coefficient (Wildman–Crippen LogP) is 3.13. The van der Waals surface area contributed by atoms with Crippen LogP contribution in [0, 0.1) is 6.92 Å². The molecule has 1 aliphatic rings. The monoisotopic (exact) mass is 277 g/mol. The second-order valence-electron chi connectivity index (χ2n) is 5.03. The quantitative estimate of drug-likeness (QED) is 0.886. The fraction of sp³-hybridized carbons (Fsp3) is 0.400. The van der Waals surface area contributed by atoms with Crippen LogP contribution in [0.5, 0.6) is 0 Å². The molecule has 0 amide bonds. The van der Waals surface area contributed by atoms with Crippen LogP contribution >= 0.6 is 12.4 Å². The molecule has 0 saturated carbocycles. The van der Waals surface area contributed by atoms with Gasteiger partial charge in [0.15, 0.2) is 0 Å². The second-order valence-corrected chi connectivity index (χ2v) is 5.03. The summed E-state index contributed by atoms with van der Waals surface area (Å²) in [7, 11) is 0. The molecule has 19 heavy (non-hydrogen) atoms. The van der Waals surface area contributed by atoms with Gasteiger partial charge in [-0.2, -0.15) is 0 Å². The number of pyridine rings is 1. The average Bonchev–Trinajstić information content (AvgIpc) is 2.39. The third-order valence-electron chi connectivity index (χ3n) is 3.54. The second kappa shape index (κ2) is 6.22. The normalized spacial score (nSPS) is 16.1. The summed E-state index contributed by atoms with van der Waals surface area (Å²) in [5.74, 6) is 0. The molecule has 0 aliphatic carbocycles. The summed E-state index contributed by atoms with van der Waals surface area (Å²) in [6.45, 7) is 4.26. The molecule has 2 heterocycles. The van der Waals surface area contributed by atoms with Gasteiger partial charge in [0.05, 0.1) is 5.52 Å². The zero-order valence-corrected chi connectivity index (χ0v) is 12.0. The van der Waals surface area contributed by atoms with Crippen LogP contribution in [0.2, 0.25) is 0 Å². The first-order valence-corrected chi connectivity index (χ1v) is 6.66. The van der Waals surface area contributed by atoms with Gasteiger partial charge >= 0.3 is 0 Å². The largest absolute Gasteiger partial charge is 0.382 e. The van der Waals surface area contributed by atoms with E-state index in [4.69, 9.17) is 0 Å². The molecule has 1 aliphatic heterocycles. The SMILES string of the molecule is Cc1ccc2ccc(NC3CCNCC3)cc2n1.Cl. The molecule has 3 nitrogen and oxygen atoms in total. The van der Waals surface area contributed by atoms with Crippen molar-refractivity contribution in [3.63, 3.8) is 0 Å². The Morgan fingerprint density at radius 1 is 1.16 bits per heavy atom. The van der Waals surface area contributed by atoms with Gasteiger partial charge in [-0.05, 0) is 51.1 Å². The van der Waals surface area contributed by atoms with Gasteiger partial charge in [-0.15, -0.1) is 12.4 Å². The first-order valence-electron chi connectivity index (χ1n) is 6.66. The third-order valence-corrected chi connectivity index (χ3v) is 3.54. The lowest BCUT2D eigenvalue weighted by Gasteiger charge is -2.24. The number of anilines is 1. The Kier molecular flexibility index (Phi) is 4.61. The molecule has 0 unspecified atom stereocenters. The van der Waals surface area contributed by atoms with E-state index < -0.39 is 0 Å². The summed E-state index contributed by atoms with van der Waals surface area (Å²) in [5.41, 5.74) is 3.34. The van der Waals surface area contributed by atoms with Crippen molar-refractivity contribution >= 4 is 29.0 Å². The lowest BCUT2D eigenvalue weighted by molar-refractivity contribution is 0.479. The van der Waals surface area contributed by atoms with Crippen LogP contribution in [-0.4, -0.2) is 24.1 Å². The van der Waals surface area contributed by atoms with E-state index in [-0.39, 0.29) is 12.4 Å². The van der Waals surface area contributed by atoms with Crippen LogP contribution in [0.1, 0.15) is 18.5 Å². The Balaban J connectivity index is 0.00000133. The zero-order chi connectivity index (χ0) is 12.4. The van der Waals surface area contributed by atoms with Gasteiger partial charge in [0.25, 0.3) is 0 Å². The standard InChI is InChI=1S/C15H19N3.ClH/c1-11-2-3-12-4-5-14(10-15(12)17-11)18-13-6-8-16-9-7-13;/h2-5,10,13,16,18H,6-9H2,1H3;1H. The molecule has 2 aromatic rings.